The molecular formula is C17H20O. The Kier molecular flexibility index (Phi) is 4.98. The van der Waals surface area contributed by atoms with Gasteiger partial charge < -0.3 is 4.74 Å². The van der Waals surface area contributed by atoms with E-state index >= 15 is 0 Å². The molecule has 1 nitrogen and oxygen atoms in total. The van der Waals surface area contributed by atoms with Gasteiger partial charge in [0.2, 0.25) is 0 Å². The summed E-state index contributed by atoms with van der Waals surface area (Å²) in [5.74, 6) is 0. The van der Waals surface area contributed by atoms with Gasteiger partial charge in [-0.1, -0.05) is 74.0 Å². The molecule has 0 aliphatic rings. The maximum absolute atomic E-state index is 6.05. The minimum Gasteiger partial charge on any atom is -0.369 e. The van der Waals surface area contributed by atoms with Crippen LogP contribution in [0.4, 0.5) is 0 Å². The first-order valence-electron chi connectivity index (χ1n) is 6.63. The van der Waals surface area contributed by atoms with E-state index in [-0.39, 0.29) is 6.10 Å². The standard InChI is InChI=1S/C17H20O/c1-2-3-14-18-17(15-10-6-4-7-11-15)16-12-8-5-9-13-16/h4-13,17H,2-3,14H2,1H3. The lowest BCUT2D eigenvalue weighted by molar-refractivity contribution is 0.0778. The average Bonchev–Trinajstić information content (AvgIpc) is 2.46. The summed E-state index contributed by atoms with van der Waals surface area (Å²) in [4.78, 5) is 0. The van der Waals surface area contributed by atoms with Gasteiger partial charge in [-0.15, -0.1) is 0 Å². The Morgan fingerprint density at radius 3 is 1.78 bits per heavy atom. The van der Waals surface area contributed by atoms with Crippen LogP contribution in [0.5, 0.6) is 0 Å². The van der Waals surface area contributed by atoms with Crippen LogP contribution in [0, 0.1) is 0 Å². The highest BCUT2D eigenvalue weighted by atomic mass is 16.5. The minimum absolute atomic E-state index is 0.0546. The zero-order valence-electron chi connectivity index (χ0n) is 10.9. The number of rotatable bonds is 6. The lowest BCUT2D eigenvalue weighted by Crippen LogP contribution is -2.07. The summed E-state index contributed by atoms with van der Waals surface area (Å²) in [6.45, 7) is 2.99. The van der Waals surface area contributed by atoms with E-state index in [4.69, 9.17) is 4.74 Å². The summed E-state index contributed by atoms with van der Waals surface area (Å²) in [5, 5.41) is 0. The van der Waals surface area contributed by atoms with Crippen molar-refractivity contribution in [2.45, 2.75) is 25.9 Å². The molecule has 0 amide bonds. The van der Waals surface area contributed by atoms with Crippen molar-refractivity contribution in [1.82, 2.24) is 0 Å². The number of hydrogen-bond donors (Lipinski definition) is 0. The van der Waals surface area contributed by atoms with Crippen LogP contribution >= 0.6 is 0 Å². The molecule has 94 valence electrons. The third-order valence-corrected chi connectivity index (χ3v) is 2.99. The Morgan fingerprint density at radius 1 is 0.833 bits per heavy atom. The number of unbranched alkanes of at least 4 members (excludes halogenated alkanes) is 1. The topological polar surface area (TPSA) is 9.23 Å². The molecule has 0 bridgehead atoms. The van der Waals surface area contributed by atoms with Crippen molar-refractivity contribution < 1.29 is 4.74 Å². The smallest absolute Gasteiger partial charge is 0.108 e. The van der Waals surface area contributed by atoms with Gasteiger partial charge in [-0.25, -0.2) is 0 Å². The van der Waals surface area contributed by atoms with Crippen LogP contribution < -0.4 is 0 Å². The fourth-order valence-electron chi connectivity index (χ4n) is 1.99. The van der Waals surface area contributed by atoms with E-state index in [2.05, 4.69) is 55.5 Å². The van der Waals surface area contributed by atoms with Crippen LogP contribution in [-0.2, 0) is 4.74 Å². The molecule has 0 saturated carbocycles. The van der Waals surface area contributed by atoms with Crippen molar-refractivity contribution in [2.24, 2.45) is 0 Å². The number of benzene rings is 2. The first-order valence-corrected chi connectivity index (χ1v) is 6.63. The fraction of sp³-hybridized carbons (Fsp3) is 0.294. The first-order chi connectivity index (χ1) is 8.92. The van der Waals surface area contributed by atoms with Crippen LogP contribution in [0.3, 0.4) is 0 Å². The van der Waals surface area contributed by atoms with Crippen molar-refractivity contribution in [3.05, 3.63) is 71.8 Å². The van der Waals surface area contributed by atoms with E-state index in [1.54, 1.807) is 0 Å². The van der Waals surface area contributed by atoms with E-state index < -0.39 is 0 Å². The first kappa shape index (κ1) is 12.8. The summed E-state index contributed by atoms with van der Waals surface area (Å²) in [6, 6.07) is 20.8. The Labute approximate surface area is 109 Å². The van der Waals surface area contributed by atoms with Gasteiger partial charge >= 0.3 is 0 Å². The van der Waals surface area contributed by atoms with Crippen molar-refractivity contribution >= 4 is 0 Å². The molecule has 0 heterocycles. The third-order valence-electron chi connectivity index (χ3n) is 2.99. The van der Waals surface area contributed by atoms with Crippen molar-refractivity contribution in [3.63, 3.8) is 0 Å². The fourth-order valence-corrected chi connectivity index (χ4v) is 1.99. The van der Waals surface area contributed by atoms with Crippen molar-refractivity contribution in [2.75, 3.05) is 6.61 Å². The van der Waals surface area contributed by atoms with Gasteiger partial charge in [0.1, 0.15) is 6.10 Å². The highest BCUT2D eigenvalue weighted by Crippen LogP contribution is 2.25. The normalized spacial score (nSPS) is 10.8. The largest absolute Gasteiger partial charge is 0.369 e. The molecular weight excluding hydrogens is 220 g/mol. The Balaban J connectivity index is 2.18. The third kappa shape index (κ3) is 3.44. The highest BCUT2D eigenvalue weighted by Gasteiger charge is 2.13. The molecule has 2 aromatic rings. The van der Waals surface area contributed by atoms with Gasteiger partial charge in [-0.3, -0.25) is 0 Å². The lowest BCUT2D eigenvalue weighted by atomic mass is 10.0. The number of ether oxygens (including phenoxy) is 1. The van der Waals surface area contributed by atoms with Crippen LogP contribution in [-0.4, -0.2) is 6.61 Å². The molecule has 1 heteroatoms. The van der Waals surface area contributed by atoms with Crippen LogP contribution in [0.15, 0.2) is 60.7 Å². The van der Waals surface area contributed by atoms with E-state index in [1.165, 1.54) is 11.1 Å². The summed E-state index contributed by atoms with van der Waals surface area (Å²) in [5.41, 5.74) is 2.44. The van der Waals surface area contributed by atoms with Crippen LogP contribution in [0.2, 0.25) is 0 Å². The van der Waals surface area contributed by atoms with E-state index in [9.17, 15) is 0 Å². The second kappa shape index (κ2) is 6.97. The quantitative estimate of drug-likeness (QED) is 0.671. The van der Waals surface area contributed by atoms with Gasteiger partial charge in [0.25, 0.3) is 0 Å². The van der Waals surface area contributed by atoms with E-state index in [0.717, 1.165) is 19.4 Å². The average molecular weight is 240 g/mol. The van der Waals surface area contributed by atoms with Gasteiger partial charge in [0.15, 0.2) is 0 Å². The zero-order chi connectivity index (χ0) is 12.6. The maximum Gasteiger partial charge on any atom is 0.108 e. The monoisotopic (exact) mass is 240 g/mol. The number of hydrogen-bond acceptors (Lipinski definition) is 1. The van der Waals surface area contributed by atoms with E-state index in [1.807, 2.05) is 12.1 Å². The molecule has 0 spiro atoms. The predicted octanol–water partition coefficient (Wildman–Crippen LogP) is 4.59. The second-order valence-corrected chi connectivity index (χ2v) is 4.43. The Bertz CT molecular complexity index is 396. The SMILES string of the molecule is CCCCOC(c1ccccc1)c1ccccc1. The molecule has 0 fully saturated rings. The molecule has 2 aromatic carbocycles. The molecule has 0 N–H and O–H groups in total. The maximum atomic E-state index is 6.05. The van der Waals surface area contributed by atoms with Crippen molar-refractivity contribution in [3.8, 4) is 0 Å². The molecule has 0 aliphatic heterocycles. The van der Waals surface area contributed by atoms with Gasteiger partial charge in [-0.05, 0) is 17.5 Å². The van der Waals surface area contributed by atoms with Gasteiger partial charge in [0.05, 0.1) is 0 Å². The van der Waals surface area contributed by atoms with Crippen molar-refractivity contribution in [1.29, 1.82) is 0 Å². The second-order valence-electron chi connectivity index (χ2n) is 4.43. The summed E-state index contributed by atoms with van der Waals surface area (Å²) >= 11 is 0. The summed E-state index contributed by atoms with van der Waals surface area (Å²) < 4.78 is 6.05. The molecule has 0 aliphatic carbocycles. The highest BCUT2D eigenvalue weighted by molar-refractivity contribution is 5.29. The van der Waals surface area contributed by atoms with Crippen LogP contribution in [0.25, 0.3) is 0 Å². The van der Waals surface area contributed by atoms with E-state index in [0.29, 0.717) is 0 Å². The van der Waals surface area contributed by atoms with Gasteiger partial charge in [0, 0.05) is 6.61 Å². The lowest BCUT2D eigenvalue weighted by Gasteiger charge is -2.18. The Morgan fingerprint density at radius 2 is 1.33 bits per heavy atom. The summed E-state index contributed by atoms with van der Waals surface area (Å²) in [7, 11) is 0. The molecule has 0 saturated heterocycles. The molecule has 0 radical (unpaired) electrons. The Hall–Kier alpha value is -1.60. The zero-order valence-corrected chi connectivity index (χ0v) is 10.9. The molecule has 0 atom stereocenters. The molecule has 0 unspecified atom stereocenters. The molecule has 0 aromatic heterocycles. The van der Waals surface area contributed by atoms with Crippen LogP contribution in [0.1, 0.15) is 37.0 Å². The summed E-state index contributed by atoms with van der Waals surface area (Å²) in [6.07, 6.45) is 2.32. The predicted molar refractivity (Wildman–Crippen MR) is 75.6 cm³/mol. The molecule has 18 heavy (non-hydrogen) atoms. The van der Waals surface area contributed by atoms with Gasteiger partial charge in [-0.2, -0.15) is 0 Å². The molecule has 2 rings (SSSR count). The minimum atomic E-state index is 0.0546.